The van der Waals surface area contributed by atoms with E-state index in [-0.39, 0.29) is 5.56 Å². The summed E-state index contributed by atoms with van der Waals surface area (Å²) in [7, 11) is 0. The molecule has 7 heteroatoms. The summed E-state index contributed by atoms with van der Waals surface area (Å²) >= 11 is 0. The second-order valence-corrected chi connectivity index (χ2v) is 7.32. The number of aromatic nitrogens is 3. The molecule has 2 aromatic rings. The van der Waals surface area contributed by atoms with Gasteiger partial charge in [-0.05, 0) is 50.4 Å². The van der Waals surface area contributed by atoms with Gasteiger partial charge in [0.15, 0.2) is 0 Å². The number of ether oxygens (including phenoxy) is 1. The second-order valence-electron chi connectivity index (χ2n) is 7.32. The zero-order chi connectivity index (χ0) is 16.8. The molecule has 0 bridgehead atoms. The third kappa shape index (κ3) is 2.91. The van der Waals surface area contributed by atoms with E-state index in [0.717, 1.165) is 49.7 Å². The average molecular weight is 342 g/mol. The minimum atomic E-state index is -0.156. The molecule has 0 aromatic carbocycles. The minimum absolute atomic E-state index is 0.156. The lowest BCUT2D eigenvalue weighted by Gasteiger charge is -2.30. The Bertz CT molecular complexity index is 831. The van der Waals surface area contributed by atoms with E-state index in [1.807, 2.05) is 6.07 Å². The molecule has 0 spiro atoms. The van der Waals surface area contributed by atoms with E-state index < -0.39 is 0 Å². The van der Waals surface area contributed by atoms with Crippen molar-refractivity contribution < 1.29 is 9.26 Å². The van der Waals surface area contributed by atoms with Crippen molar-refractivity contribution in [3.05, 3.63) is 33.6 Å². The smallest absolute Gasteiger partial charge is 0.259 e. The topological polar surface area (TPSA) is 84.3 Å². The Morgan fingerprint density at radius 3 is 2.84 bits per heavy atom. The van der Waals surface area contributed by atoms with Crippen LogP contribution in [0.25, 0.3) is 11.4 Å². The van der Waals surface area contributed by atoms with E-state index in [0.29, 0.717) is 36.4 Å². The summed E-state index contributed by atoms with van der Waals surface area (Å²) in [6.07, 6.45) is 5.53. The molecular weight excluding hydrogens is 320 g/mol. The van der Waals surface area contributed by atoms with Crippen molar-refractivity contribution >= 4 is 0 Å². The SMILES string of the molecule is O=c1[nH]c2c(cc1-c1noc(C3CCN(C4CC4)CC3)n1)COCC2. The number of nitrogens with zero attached hydrogens (tertiary/aromatic N) is 3. The highest BCUT2D eigenvalue weighted by Gasteiger charge is 2.33. The van der Waals surface area contributed by atoms with Gasteiger partial charge in [-0.15, -0.1) is 0 Å². The molecule has 5 rings (SSSR count). The molecule has 132 valence electrons. The van der Waals surface area contributed by atoms with Crippen molar-refractivity contribution in [1.82, 2.24) is 20.0 Å². The first-order valence-corrected chi connectivity index (χ1v) is 9.19. The molecular formula is C18H22N4O3. The van der Waals surface area contributed by atoms with E-state index >= 15 is 0 Å². The summed E-state index contributed by atoms with van der Waals surface area (Å²) in [5.41, 5.74) is 2.27. The van der Waals surface area contributed by atoms with Crippen molar-refractivity contribution in [2.45, 2.75) is 50.7 Å². The lowest BCUT2D eigenvalue weighted by atomic mass is 9.96. The van der Waals surface area contributed by atoms with Gasteiger partial charge in [0.25, 0.3) is 5.56 Å². The van der Waals surface area contributed by atoms with Gasteiger partial charge in [-0.2, -0.15) is 4.98 Å². The van der Waals surface area contributed by atoms with Gasteiger partial charge in [0, 0.05) is 24.1 Å². The zero-order valence-electron chi connectivity index (χ0n) is 14.2. The highest BCUT2D eigenvalue weighted by atomic mass is 16.5. The number of fused-ring (bicyclic) bond motifs is 1. The fourth-order valence-electron chi connectivity index (χ4n) is 3.95. The molecule has 2 aromatic heterocycles. The number of pyridine rings is 1. The van der Waals surface area contributed by atoms with Crippen molar-refractivity contribution in [3.8, 4) is 11.4 Å². The summed E-state index contributed by atoms with van der Waals surface area (Å²) in [6.45, 7) is 3.37. The van der Waals surface area contributed by atoms with E-state index in [9.17, 15) is 4.79 Å². The maximum Gasteiger partial charge on any atom is 0.259 e. The van der Waals surface area contributed by atoms with Crippen LogP contribution in [0.2, 0.25) is 0 Å². The monoisotopic (exact) mass is 342 g/mol. The number of H-pyrrole nitrogens is 1. The first-order valence-electron chi connectivity index (χ1n) is 9.19. The zero-order valence-corrected chi connectivity index (χ0v) is 14.2. The van der Waals surface area contributed by atoms with Crippen molar-refractivity contribution in [2.75, 3.05) is 19.7 Å². The first kappa shape index (κ1) is 15.3. The largest absolute Gasteiger partial charge is 0.376 e. The van der Waals surface area contributed by atoms with Gasteiger partial charge < -0.3 is 19.1 Å². The summed E-state index contributed by atoms with van der Waals surface area (Å²) in [5, 5.41) is 4.08. The molecule has 4 heterocycles. The number of aromatic amines is 1. The average Bonchev–Trinajstić information content (AvgIpc) is 3.38. The van der Waals surface area contributed by atoms with Gasteiger partial charge in [0.1, 0.15) is 0 Å². The van der Waals surface area contributed by atoms with Gasteiger partial charge in [-0.3, -0.25) is 4.79 Å². The number of nitrogens with one attached hydrogen (secondary N) is 1. The molecule has 1 aliphatic carbocycles. The van der Waals surface area contributed by atoms with Crippen molar-refractivity contribution in [3.63, 3.8) is 0 Å². The Morgan fingerprint density at radius 1 is 1.20 bits per heavy atom. The number of piperidine rings is 1. The summed E-state index contributed by atoms with van der Waals surface area (Å²) < 4.78 is 11.0. The predicted molar refractivity (Wildman–Crippen MR) is 90.3 cm³/mol. The van der Waals surface area contributed by atoms with Crippen LogP contribution in [0.3, 0.4) is 0 Å². The van der Waals surface area contributed by atoms with E-state index in [1.165, 1.54) is 12.8 Å². The van der Waals surface area contributed by atoms with Gasteiger partial charge in [0.05, 0.1) is 18.8 Å². The molecule has 0 unspecified atom stereocenters. The number of hydrogen-bond acceptors (Lipinski definition) is 6. The van der Waals surface area contributed by atoms with Crippen LogP contribution in [-0.4, -0.2) is 45.8 Å². The van der Waals surface area contributed by atoms with Crippen LogP contribution in [0.4, 0.5) is 0 Å². The Hall–Kier alpha value is -1.99. The third-order valence-electron chi connectivity index (χ3n) is 5.59. The van der Waals surface area contributed by atoms with Crippen LogP contribution < -0.4 is 5.56 Å². The molecule has 1 saturated carbocycles. The third-order valence-corrected chi connectivity index (χ3v) is 5.59. The lowest BCUT2D eigenvalue weighted by molar-refractivity contribution is 0.109. The van der Waals surface area contributed by atoms with Crippen LogP contribution in [0.1, 0.15) is 48.7 Å². The molecule has 7 nitrogen and oxygen atoms in total. The van der Waals surface area contributed by atoms with Gasteiger partial charge in [-0.25, -0.2) is 0 Å². The maximum absolute atomic E-state index is 12.4. The first-order chi connectivity index (χ1) is 12.3. The fraction of sp³-hybridized carbons (Fsp3) is 0.611. The van der Waals surface area contributed by atoms with Crippen molar-refractivity contribution in [2.24, 2.45) is 0 Å². The van der Waals surface area contributed by atoms with Crippen LogP contribution in [-0.2, 0) is 17.8 Å². The summed E-state index contributed by atoms with van der Waals surface area (Å²) in [4.78, 5) is 22.4. The Balaban J connectivity index is 1.37. The molecule has 1 saturated heterocycles. The normalized spacial score (nSPS) is 22.1. The highest BCUT2D eigenvalue weighted by molar-refractivity contribution is 5.54. The van der Waals surface area contributed by atoms with Crippen LogP contribution in [0, 0.1) is 0 Å². The van der Waals surface area contributed by atoms with Gasteiger partial charge >= 0.3 is 0 Å². The number of likely N-dealkylation sites (tertiary alicyclic amines) is 1. The van der Waals surface area contributed by atoms with E-state index in [1.54, 1.807) is 0 Å². The standard InChI is InChI=1S/C18H22N4O3/c23-17-14(9-12-10-24-8-5-15(12)19-17)16-20-18(25-21-16)11-3-6-22(7-4-11)13-1-2-13/h9,11,13H,1-8,10H2,(H,19,23). The molecule has 0 atom stereocenters. The Kier molecular flexibility index (Phi) is 3.71. The molecule has 2 aliphatic heterocycles. The highest BCUT2D eigenvalue weighted by Crippen LogP contribution is 2.34. The van der Waals surface area contributed by atoms with Crippen molar-refractivity contribution in [1.29, 1.82) is 0 Å². The molecule has 2 fully saturated rings. The Morgan fingerprint density at radius 2 is 2.04 bits per heavy atom. The molecule has 0 radical (unpaired) electrons. The minimum Gasteiger partial charge on any atom is -0.376 e. The van der Waals surface area contributed by atoms with Gasteiger partial charge in [-0.1, -0.05) is 5.16 Å². The number of hydrogen-bond donors (Lipinski definition) is 1. The quantitative estimate of drug-likeness (QED) is 0.916. The summed E-state index contributed by atoms with van der Waals surface area (Å²) in [6, 6.07) is 2.66. The number of rotatable bonds is 3. The second kappa shape index (κ2) is 6.07. The summed E-state index contributed by atoms with van der Waals surface area (Å²) in [5.74, 6) is 1.35. The molecule has 25 heavy (non-hydrogen) atoms. The molecule has 0 amide bonds. The maximum atomic E-state index is 12.4. The predicted octanol–water partition coefficient (Wildman–Crippen LogP) is 1.84. The Labute approximate surface area is 145 Å². The van der Waals surface area contributed by atoms with E-state index in [2.05, 4.69) is 20.0 Å². The molecule has 3 aliphatic rings. The van der Waals surface area contributed by atoms with E-state index in [4.69, 9.17) is 9.26 Å². The molecule has 1 N–H and O–H groups in total. The fourth-order valence-corrected chi connectivity index (χ4v) is 3.95. The van der Waals surface area contributed by atoms with Gasteiger partial charge in [0.2, 0.25) is 11.7 Å². The lowest BCUT2D eigenvalue weighted by Crippen LogP contribution is -2.34. The van der Waals surface area contributed by atoms with Crippen LogP contribution in [0.15, 0.2) is 15.4 Å². The van der Waals surface area contributed by atoms with Crippen LogP contribution in [0.5, 0.6) is 0 Å². The van der Waals surface area contributed by atoms with Crippen LogP contribution >= 0.6 is 0 Å².